The van der Waals surface area contributed by atoms with Crippen LogP contribution in [-0.2, 0) is 16.0 Å². The average Bonchev–Trinajstić information content (AvgIpc) is 2.51. The molecule has 4 nitrogen and oxygen atoms in total. The molecule has 1 aromatic rings. The Bertz CT molecular complexity index is 517. The zero-order valence-electron chi connectivity index (χ0n) is 12.5. The van der Waals surface area contributed by atoms with Crippen molar-refractivity contribution < 1.29 is 9.53 Å². The Hall–Kier alpha value is -1.39. The van der Waals surface area contributed by atoms with Gasteiger partial charge in [0, 0.05) is 25.0 Å². The lowest BCUT2D eigenvalue weighted by molar-refractivity contribution is -0.139. The third-order valence-electron chi connectivity index (χ3n) is 4.89. The minimum atomic E-state index is -0.000305. The van der Waals surface area contributed by atoms with Gasteiger partial charge < -0.3 is 15.8 Å². The molecule has 0 spiro atoms. The van der Waals surface area contributed by atoms with Crippen LogP contribution in [0.15, 0.2) is 24.3 Å². The molecule has 21 heavy (non-hydrogen) atoms. The molecule has 0 aromatic heterocycles. The van der Waals surface area contributed by atoms with Crippen molar-refractivity contribution in [2.75, 3.05) is 6.61 Å². The molecule has 1 saturated carbocycles. The van der Waals surface area contributed by atoms with Gasteiger partial charge in [0.05, 0.1) is 12.1 Å². The zero-order valence-corrected chi connectivity index (χ0v) is 12.5. The maximum Gasteiger partial charge on any atom is 0.220 e. The number of nitrogens with two attached hydrogens (primary N) is 1. The van der Waals surface area contributed by atoms with Crippen molar-refractivity contribution in [1.29, 1.82) is 0 Å². The Morgan fingerprint density at radius 1 is 1.43 bits per heavy atom. The van der Waals surface area contributed by atoms with E-state index in [2.05, 4.69) is 24.4 Å². The summed E-state index contributed by atoms with van der Waals surface area (Å²) in [6.45, 7) is 2.87. The Kier molecular flexibility index (Phi) is 4.27. The summed E-state index contributed by atoms with van der Waals surface area (Å²) in [6, 6.07) is 8.25. The van der Waals surface area contributed by atoms with Crippen LogP contribution in [0.25, 0.3) is 0 Å². The summed E-state index contributed by atoms with van der Waals surface area (Å²) in [5, 5.41) is 3.07. The first kappa shape index (κ1) is 14.5. The minimum absolute atomic E-state index is 0.000305. The molecule has 3 rings (SSSR count). The van der Waals surface area contributed by atoms with Gasteiger partial charge in [-0.05, 0) is 37.3 Å². The van der Waals surface area contributed by atoms with E-state index in [9.17, 15) is 4.79 Å². The monoisotopic (exact) mass is 288 g/mol. The second-order valence-electron chi connectivity index (χ2n) is 6.24. The van der Waals surface area contributed by atoms with Crippen LogP contribution >= 0.6 is 0 Å². The Morgan fingerprint density at radius 2 is 2.24 bits per heavy atom. The van der Waals surface area contributed by atoms with Crippen molar-refractivity contribution in [1.82, 2.24) is 5.32 Å². The number of hydrogen-bond acceptors (Lipinski definition) is 3. The minimum Gasteiger partial charge on any atom is -0.376 e. The molecular weight excluding hydrogens is 264 g/mol. The molecule has 1 heterocycles. The second-order valence-corrected chi connectivity index (χ2v) is 6.24. The molecule has 2 aliphatic rings. The Morgan fingerprint density at radius 3 is 3.05 bits per heavy atom. The summed E-state index contributed by atoms with van der Waals surface area (Å²) < 4.78 is 5.75. The van der Waals surface area contributed by atoms with Gasteiger partial charge in [-0.1, -0.05) is 24.3 Å². The number of amides is 1. The van der Waals surface area contributed by atoms with Gasteiger partial charge in [0.15, 0.2) is 0 Å². The molecule has 1 aromatic carbocycles. The standard InChI is InChI=1S/C17H24N2O2/c1-11-5-2-3-6-12(11)8-9-14(20)19-16-15(18)13-7-4-10-21-17(13)16/h2-3,5-6,13,15-17H,4,7-10,18H2,1H3,(H,19,20). The number of benzene rings is 1. The normalized spacial score (nSPS) is 31.1. The van der Waals surface area contributed by atoms with Crippen LogP contribution in [0.1, 0.15) is 30.4 Å². The summed E-state index contributed by atoms with van der Waals surface area (Å²) in [6.07, 6.45) is 3.63. The molecule has 4 unspecified atom stereocenters. The number of carbonyl (C=O) groups is 1. The topological polar surface area (TPSA) is 64.4 Å². The first-order chi connectivity index (χ1) is 10.2. The van der Waals surface area contributed by atoms with E-state index in [1.54, 1.807) is 0 Å². The smallest absolute Gasteiger partial charge is 0.220 e. The van der Waals surface area contributed by atoms with Gasteiger partial charge in [-0.3, -0.25) is 4.79 Å². The number of nitrogens with one attached hydrogen (secondary N) is 1. The van der Waals surface area contributed by atoms with E-state index in [4.69, 9.17) is 10.5 Å². The molecular formula is C17H24N2O2. The summed E-state index contributed by atoms with van der Waals surface area (Å²) in [5.74, 6) is 0.506. The van der Waals surface area contributed by atoms with E-state index in [1.807, 2.05) is 12.1 Å². The van der Waals surface area contributed by atoms with E-state index in [0.717, 1.165) is 25.9 Å². The molecule has 0 radical (unpaired) electrons. The van der Waals surface area contributed by atoms with Gasteiger partial charge in [-0.25, -0.2) is 0 Å². The number of aryl methyl sites for hydroxylation is 2. The highest BCUT2D eigenvalue weighted by atomic mass is 16.5. The van der Waals surface area contributed by atoms with Crippen LogP contribution in [-0.4, -0.2) is 30.7 Å². The first-order valence-electron chi connectivity index (χ1n) is 7.88. The highest BCUT2D eigenvalue weighted by Gasteiger charge is 2.50. The predicted octanol–water partition coefficient (Wildman–Crippen LogP) is 1.55. The number of rotatable bonds is 4. The fourth-order valence-electron chi connectivity index (χ4n) is 3.52. The number of ether oxygens (including phenoxy) is 1. The predicted molar refractivity (Wildman–Crippen MR) is 81.9 cm³/mol. The van der Waals surface area contributed by atoms with E-state index < -0.39 is 0 Å². The van der Waals surface area contributed by atoms with Crippen molar-refractivity contribution in [3.63, 3.8) is 0 Å². The molecule has 1 aliphatic carbocycles. The van der Waals surface area contributed by atoms with Gasteiger partial charge in [0.25, 0.3) is 0 Å². The third-order valence-corrected chi connectivity index (χ3v) is 4.89. The maximum absolute atomic E-state index is 12.1. The van der Waals surface area contributed by atoms with Crippen molar-refractivity contribution in [3.05, 3.63) is 35.4 Å². The number of carbonyl (C=O) groups excluding carboxylic acids is 1. The summed E-state index contributed by atoms with van der Waals surface area (Å²) in [5.41, 5.74) is 8.63. The van der Waals surface area contributed by atoms with E-state index >= 15 is 0 Å². The summed E-state index contributed by atoms with van der Waals surface area (Å²) in [4.78, 5) is 12.1. The van der Waals surface area contributed by atoms with Crippen molar-refractivity contribution >= 4 is 5.91 Å². The van der Waals surface area contributed by atoms with Crippen molar-refractivity contribution in [2.24, 2.45) is 11.7 Å². The lowest BCUT2D eigenvalue weighted by atomic mass is 9.68. The van der Waals surface area contributed by atoms with Crippen LogP contribution in [0.5, 0.6) is 0 Å². The summed E-state index contributed by atoms with van der Waals surface area (Å²) >= 11 is 0. The fraction of sp³-hybridized carbons (Fsp3) is 0.588. The van der Waals surface area contributed by atoms with E-state index in [-0.39, 0.29) is 24.1 Å². The number of hydrogen-bond donors (Lipinski definition) is 2. The molecule has 2 fully saturated rings. The molecule has 4 heteroatoms. The van der Waals surface area contributed by atoms with E-state index in [1.165, 1.54) is 11.1 Å². The molecule has 1 saturated heterocycles. The average molecular weight is 288 g/mol. The maximum atomic E-state index is 12.1. The van der Waals surface area contributed by atoms with Crippen LogP contribution in [0.4, 0.5) is 0 Å². The molecule has 1 aliphatic heterocycles. The zero-order chi connectivity index (χ0) is 14.8. The molecule has 4 atom stereocenters. The lowest BCUT2D eigenvalue weighted by Crippen LogP contribution is -2.72. The summed E-state index contributed by atoms with van der Waals surface area (Å²) in [7, 11) is 0. The first-order valence-corrected chi connectivity index (χ1v) is 7.88. The van der Waals surface area contributed by atoms with Crippen LogP contribution < -0.4 is 11.1 Å². The van der Waals surface area contributed by atoms with E-state index in [0.29, 0.717) is 12.3 Å². The van der Waals surface area contributed by atoms with Crippen LogP contribution in [0.3, 0.4) is 0 Å². The molecule has 0 bridgehead atoms. The second kappa shape index (κ2) is 6.16. The van der Waals surface area contributed by atoms with Gasteiger partial charge in [-0.15, -0.1) is 0 Å². The Labute approximate surface area is 126 Å². The van der Waals surface area contributed by atoms with Gasteiger partial charge in [-0.2, -0.15) is 0 Å². The highest BCUT2D eigenvalue weighted by molar-refractivity contribution is 5.77. The van der Waals surface area contributed by atoms with Gasteiger partial charge in [0.1, 0.15) is 0 Å². The molecule has 1 amide bonds. The SMILES string of the molecule is Cc1ccccc1CCC(=O)NC1C(N)C2CCCOC21. The van der Waals surface area contributed by atoms with Gasteiger partial charge >= 0.3 is 0 Å². The van der Waals surface area contributed by atoms with Crippen LogP contribution in [0, 0.1) is 12.8 Å². The highest BCUT2D eigenvalue weighted by Crippen LogP contribution is 2.36. The van der Waals surface area contributed by atoms with Crippen LogP contribution in [0.2, 0.25) is 0 Å². The van der Waals surface area contributed by atoms with Crippen molar-refractivity contribution in [2.45, 2.75) is 50.8 Å². The molecule has 3 N–H and O–H groups in total. The lowest BCUT2D eigenvalue weighted by Gasteiger charge is -2.52. The Balaban J connectivity index is 1.50. The quantitative estimate of drug-likeness (QED) is 0.883. The van der Waals surface area contributed by atoms with Crippen molar-refractivity contribution in [3.8, 4) is 0 Å². The largest absolute Gasteiger partial charge is 0.376 e. The third kappa shape index (κ3) is 2.97. The van der Waals surface area contributed by atoms with Gasteiger partial charge in [0.2, 0.25) is 5.91 Å². The fourth-order valence-corrected chi connectivity index (χ4v) is 3.52. The molecule has 114 valence electrons. The number of fused-ring (bicyclic) bond motifs is 1.